The second kappa shape index (κ2) is 6.79. The van der Waals surface area contributed by atoms with Gasteiger partial charge in [-0.1, -0.05) is 10.4 Å². The van der Waals surface area contributed by atoms with Crippen molar-refractivity contribution in [1.82, 2.24) is 20.2 Å². The Labute approximate surface area is 155 Å². The van der Waals surface area contributed by atoms with Crippen LogP contribution < -0.4 is 0 Å². The number of hydrogen-bond donors (Lipinski definition) is 0. The molecule has 27 heavy (non-hydrogen) atoms. The van der Waals surface area contributed by atoms with Crippen molar-refractivity contribution in [2.24, 2.45) is 0 Å². The van der Waals surface area contributed by atoms with Crippen LogP contribution >= 0.6 is 0 Å². The number of rotatable bonds is 6. The molecule has 0 radical (unpaired) electrons. The van der Waals surface area contributed by atoms with Crippen LogP contribution in [0.1, 0.15) is 63.4 Å². The van der Waals surface area contributed by atoms with E-state index >= 15 is 0 Å². The number of benzene rings is 1. The highest BCUT2D eigenvalue weighted by Crippen LogP contribution is 2.43. The minimum absolute atomic E-state index is 0.0523. The van der Waals surface area contributed by atoms with E-state index in [1.54, 1.807) is 36.1 Å². The Morgan fingerprint density at radius 1 is 1.33 bits per heavy atom. The van der Waals surface area contributed by atoms with Crippen molar-refractivity contribution in [3.63, 3.8) is 0 Å². The van der Waals surface area contributed by atoms with Gasteiger partial charge in [0.1, 0.15) is 5.56 Å². The molecule has 8 nitrogen and oxygen atoms in total. The van der Waals surface area contributed by atoms with Crippen molar-refractivity contribution in [3.05, 3.63) is 58.7 Å². The van der Waals surface area contributed by atoms with Crippen molar-refractivity contribution in [2.75, 3.05) is 6.61 Å². The molecule has 8 heteroatoms. The summed E-state index contributed by atoms with van der Waals surface area (Å²) in [5.41, 5.74) is 2.19. The predicted molar refractivity (Wildman–Crippen MR) is 94.0 cm³/mol. The molecule has 2 aromatic heterocycles. The molecule has 0 aliphatic heterocycles. The fourth-order valence-corrected chi connectivity index (χ4v) is 3.01. The van der Waals surface area contributed by atoms with Crippen LogP contribution in [0.5, 0.6) is 0 Å². The SMILES string of the molecule is CCOC(=O)c1noc(C2CC2)c1C(=O)c1ccc(-n2ccnn2)cc1C. The van der Waals surface area contributed by atoms with Crippen LogP contribution in [0.4, 0.5) is 0 Å². The van der Waals surface area contributed by atoms with E-state index in [1.165, 1.54) is 0 Å². The first-order valence-corrected chi connectivity index (χ1v) is 8.79. The minimum Gasteiger partial charge on any atom is -0.461 e. The number of carbonyl (C=O) groups excluding carboxylic acids is 2. The largest absolute Gasteiger partial charge is 0.461 e. The smallest absolute Gasteiger partial charge is 0.361 e. The first-order chi connectivity index (χ1) is 13.1. The fourth-order valence-electron chi connectivity index (χ4n) is 3.01. The standard InChI is InChI=1S/C19H18N4O4/c1-3-26-19(25)16-15(18(27-21-16)12-4-5-12)17(24)14-7-6-13(10-11(14)2)23-9-8-20-22-23/h6-10,12H,3-5H2,1-2H3. The molecule has 1 fully saturated rings. The number of ketones is 1. The molecule has 0 spiro atoms. The van der Waals surface area contributed by atoms with Crippen molar-refractivity contribution in [1.29, 1.82) is 0 Å². The van der Waals surface area contributed by atoms with Gasteiger partial charge in [0.15, 0.2) is 11.5 Å². The zero-order chi connectivity index (χ0) is 19.0. The number of ether oxygens (including phenoxy) is 1. The Bertz CT molecular complexity index is 1000. The van der Waals surface area contributed by atoms with E-state index in [1.807, 2.05) is 13.0 Å². The molecule has 1 aliphatic carbocycles. The predicted octanol–water partition coefficient (Wildman–Crippen LogP) is 2.85. The summed E-state index contributed by atoms with van der Waals surface area (Å²) in [5, 5.41) is 11.6. The lowest BCUT2D eigenvalue weighted by Gasteiger charge is -2.08. The molecule has 1 aromatic carbocycles. The molecule has 138 valence electrons. The molecule has 1 saturated carbocycles. The maximum absolute atomic E-state index is 13.3. The summed E-state index contributed by atoms with van der Waals surface area (Å²) in [6, 6.07) is 5.34. The maximum Gasteiger partial charge on any atom is 0.361 e. The molecule has 4 rings (SSSR count). The molecule has 2 heterocycles. The van der Waals surface area contributed by atoms with Crippen LogP contribution in [0.2, 0.25) is 0 Å². The van der Waals surface area contributed by atoms with Gasteiger partial charge < -0.3 is 9.26 Å². The Morgan fingerprint density at radius 3 is 2.78 bits per heavy atom. The Morgan fingerprint density at radius 2 is 2.15 bits per heavy atom. The number of esters is 1. The van der Waals surface area contributed by atoms with Crippen LogP contribution in [0.15, 0.2) is 35.1 Å². The lowest BCUT2D eigenvalue weighted by atomic mass is 9.96. The monoisotopic (exact) mass is 366 g/mol. The zero-order valence-corrected chi connectivity index (χ0v) is 15.0. The number of nitrogens with zero attached hydrogens (tertiary/aromatic N) is 4. The molecule has 1 aliphatic rings. The third kappa shape index (κ3) is 3.14. The van der Waals surface area contributed by atoms with E-state index in [2.05, 4.69) is 15.5 Å². The molecule has 0 N–H and O–H groups in total. The normalized spacial score (nSPS) is 13.6. The average molecular weight is 366 g/mol. The zero-order valence-electron chi connectivity index (χ0n) is 15.0. The third-order valence-corrected chi connectivity index (χ3v) is 4.50. The molecule has 3 aromatic rings. The third-order valence-electron chi connectivity index (χ3n) is 4.50. The van der Waals surface area contributed by atoms with Gasteiger partial charge in [-0.2, -0.15) is 0 Å². The molecule has 0 saturated heterocycles. The first-order valence-electron chi connectivity index (χ1n) is 8.79. The summed E-state index contributed by atoms with van der Waals surface area (Å²) in [5.74, 6) is -0.325. The topological polar surface area (TPSA) is 100 Å². The van der Waals surface area contributed by atoms with Crippen molar-refractivity contribution in [3.8, 4) is 5.69 Å². The number of aromatic nitrogens is 4. The number of hydrogen-bond acceptors (Lipinski definition) is 7. The van der Waals surface area contributed by atoms with E-state index in [0.717, 1.165) is 24.1 Å². The van der Waals surface area contributed by atoms with Crippen LogP contribution in [-0.4, -0.2) is 38.5 Å². The van der Waals surface area contributed by atoms with Gasteiger partial charge in [-0.25, -0.2) is 9.48 Å². The highest BCUT2D eigenvalue weighted by molar-refractivity contribution is 6.15. The lowest BCUT2D eigenvalue weighted by molar-refractivity contribution is 0.0512. The first kappa shape index (κ1) is 17.1. The summed E-state index contributed by atoms with van der Waals surface area (Å²) < 4.78 is 12.0. The van der Waals surface area contributed by atoms with E-state index in [0.29, 0.717) is 11.3 Å². The van der Waals surface area contributed by atoms with E-state index in [9.17, 15) is 9.59 Å². The molecule has 0 bridgehead atoms. The van der Waals surface area contributed by atoms with Crippen LogP contribution in [-0.2, 0) is 4.74 Å². The fraction of sp³-hybridized carbons (Fsp3) is 0.316. The van der Waals surface area contributed by atoms with Crippen molar-refractivity contribution >= 4 is 11.8 Å². The summed E-state index contributed by atoms with van der Waals surface area (Å²) in [6.45, 7) is 3.74. The summed E-state index contributed by atoms with van der Waals surface area (Å²) in [7, 11) is 0. The average Bonchev–Trinajstić information content (AvgIpc) is 3.19. The maximum atomic E-state index is 13.3. The van der Waals surface area contributed by atoms with Gasteiger partial charge in [-0.15, -0.1) is 5.10 Å². The van der Waals surface area contributed by atoms with Crippen LogP contribution in [0.25, 0.3) is 5.69 Å². The van der Waals surface area contributed by atoms with Gasteiger partial charge in [0.25, 0.3) is 0 Å². The highest BCUT2D eigenvalue weighted by atomic mass is 16.5. The van der Waals surface area contributed by atoms with Gasteiger partial charge >= 0.3 is 5.97 Å². The lowest BCUT2D eigenvalue weighted by Crippen LogP contribution is -2.14. The van der Waals surface area contributed by atoms with Gasteiger partial charge in [0.05, 0.1) is 24.7 Å². The van der Waals surface area contributed by atoms with E-state index < -0.39 is 5.97 Å². The quantitative estimate of drug-likeness (QED) is 0.488. The van der Waals surface area contributed by atoms with E-state index in [-0.39, 0.29) is 29.6 Å². The Balaban J connectivity index is 1.74. The molecule has 0 amide bonds. The summed E-state index contributed by atoms with van der Waals surface area (Å²) in [4.78, 5) is 25.5. The number of carbonyl (C=O) groups is 2. The van der Waals surface area contributed by atoms with Gasteiger partial charge in [0.2, 0.25) is 5.69 Å². The molecular formula is C19H18N4O4. The summed E-state index contributed by atoms with van der Waals surface area (Å²) >= 11 is 0. The van der Waals surface area contributed by atoms with Gasteiger partial charge in [-0.05, 0) is 50.5 Å². The van der Waals surface area contributed by atoms with Crippen molar-refractivity contribution < 1.29 is 18.8 Å². The van der Waals surface area contributed by atoms with Crippen LogP contribution in [0.3, 0.4) is 0 Å². The van der Waals surface area contributed by atoms with Gasteiger partial charge in [-0.3, -0.25) is 4.79 Å². The molecular weight excluding hydrogens is 348 g/mol. The second-order valence-electron chi connectivity index (χ2n) is 6.44. The molecule has 0 unspecified atom stereocenters. The second-order valence-corrected chi connectivity index (χ2v) is 6.44. The Hall–Kier alpha value is -3.29. The summed E-state index contributed by atoms with van der Waals surface area (Å²) in [6.07, 6.45) is 5.14. The number of aryl methyl sites for hydroxylation is 1. The Kier molecular flexibility index (Phi) is 4.31. The van der Waals surface area contributed by atoms with Gasteiger partial charge in [0, 0.05) is 11.5 Å². The minimum atomic E-state index is -0.645. The highest BCUT2D eigenvalue weighted by Gasteiger charge is 2.37. The van der Waals surface area contributed by atoms with Crippen LogP contribution in [0, 0.1) is 6.92 Å². The molecule has 0 atom stereocenters. The van der Waals surface area contributed by atoms with E-state index in [4.69, 9.17) is 9.26 Å². The van der Waals surface area contributed by atoms with Crippen molar-refractivity contribution in [2.45, 2.75) is 32.6 Å².